The Labute approximate surface area is 202 Å². The molecule has 0 aliphatic heterocycles. The van der Waals surface area contributed by atoms with Crippen LogP contribution in [-0.4, -0.2) is 31.7 Å². The van der Waals surface area contributed by atoms with E-state index in [4.69, 9.17) is 26.2 Å². The monoisotopic (exact) mass is 531 g/mol. The normalized spacial score (nSPS) is 11.6. The summed E-state index contributed by atoms with van der Waals surface area (Å²) >= 11 is 5.58. The summed E-state index contributed by atoms with van der Waals surface area (Å²) in [5.41, 5.74) is -0.762. The lowest BCUT2D eigenvalue weighted by atomic mass is 10.2. The number of halogens is 4. The number of carbonyl (C=O) groups is 1. The number of nitrogens with one attached hydrogen (secondary N) is 2. The Morgan fingerprint density at radius 2 is 1.83 bits per heavy atom. The van der Waals surface area contributed by atoms with Crippen molar-refractivity contribution in [2.75, 3.05) is 17.1 Å². The van der Waals surface area contributed by atoms with Crippen LogP contribution in [0.15, 0.2) is 53.6 Å². The van der Waals surface area contributed by atoms with Crippen molar-refractivity contribution in [3.8, 4) is 17.4 Å². The van der Waals surface area contributed by atoms with Crippen LogP contribution in [-0.2, 0) is 16.2 Å². The number of carboxylic acid groups (broad SMARTS) is 1. The third-order valence-corrected chi connectivity index (χ3v) is 6.10. The number of aromatic nitrogens is 1. The van der Waals surface area contributed by atoms with Gasteiger partial charge in [-0.3, -0.25) is 10.0 Å². The molecule has 2 aromatic carbocycles. The Morgan fingerprint density at radius 1 is 1.11 bits per heavy atom. The van der Waals surface area contributed by atoms with Crippen molar-refractivity contribution in [2.24, 2.45) is 0 Å². The number of sulfonamides is 1. The van der Waals surface area contributed by atoms with Crippen molar-refractivity contribution < 1.29 is 41.0 Å². The molecule has 0 fully saturated rings. The molecule has 0 atom stereocenters. The molecule has 3 aromatic rings. The molecule has 1 aromatic heterocycles. The highest BCUT2D eigenvalue weighted by Gasteiger charge is 2.34. The van der Waals surface area contributed by atoms with Crippen LogP contribution in [0, 0.1) is 6.92 Å². The molecule has 0 bridgehead atoms. The van der Waals surface area contributed by atoms with Gasteiger partial charge in [-0.05, 0) is 48.9 Å². The van der Waals surface area contributed by atoms with Crippen molar-refractivity contribution in [3.05, 3.63) is 64.8 Å². The van der Waals surface area contributed by atoms with Crippen LogP contribution in [0.4, 0.5) is 29.3 Å². The molecule has 0 saturated heterocycles. The second kappa shape index (κ2) is 9.88. The number of methoxy groups -OCH3 is 1. The second-order valence-corrected chi connectivity index (χ2v) is 9.10. The van der Waals surface area contributed by atoms with Gasteiger partial charge in [-0.15, -0.1) is 0 Å². The lowest BCUT2D eigenvalue weighted by molar-refractivity contribution is -0.137. The fraction of sp³-hybridized carbons (Fsp3) is 0.143. The van der Waals surface area contributed by atoms with Gasteiger partial charge in [0, 0.05) is 18.0 Å². The highest BCUT2D eigenvalue weighted by atomic mass is 35.5. The first-order chi connectivity index (χ1) is 16.3. The maximum atomic E-state index is 13.2. The van der Waals surface area contributed by atoms with Gasteiger partial charge < -0.3 is 14.6 Å². The zero-order valence-corrected chi connectivity index (χ0v) is 19.5. The highest BCUT2D eigenvalue weighted by molar-refractivity contribution is 7.92. The molecule has 186 valence electrons. The molecule has 35 heavy (non-hydrogen) atoms. The van der Waals surface area contributed by atoms with Gasteiger partial charge in [0.05, 0.1) is 22.6 Å². The molecule has 0 unspecified atom stereocenters. The van der Waals surface area contributed by atoms with Gasteiger partial charge in [-0.25, -0.2) is 18.2 Å². The Morgan fingerprint density at radius 3 is 2.46 bits per heavy atom. The molecule has 0 radical (unpaired) electrons. The lowest BCUT2D eigenvalue weighted by Gasteiger charge is -2.16. The molecule has 3 N–H and O–H groups in total. The fourth-order valence-corrected chi connectivity index (χ4v) is 4.16. The number of anilines is 2. The van der Waals surface area contributed by atoms with Crippen LogP contribution in [0.5, 0.6) is 17.4 Å². The zero-order chi connectivity index (χ0) is 26.0. The summed E-state index contributed by atoms with van der Waals surface area (Å²) in [7, 11) is -3.21. The molecule has 0 aliphatic rings. The summed E-state index contributed by atoms with van der Waals surface area (Å²) in [5.74, 6) is -0.0764. The highest BCUT2D eigenvalue weighted by Crippen LogP contribution is 2.38. The van der Waals surface area contributed by atoms with E-state index in [2.05, 4.69) is 15.0 Å². The number of amides is 1. The first kappa shape index (κ1) is 25.9. The molecular formula is C21H17ClF3N3O6S. The Kier molecular flexibility index (Phi) is 7.31. The quantitative estimate of drug-likeness (QED) is 0.354. The predicted octanol–water partition coefficient (Wildman–Crippen LogP) is 5.75. The first-order valence-corrected chi connectivity index (χ1v) is 11.4. The van der Waals surface area contributed by atoms with Crippen LogP contribution in [0.25, 0.3) is 0 Å². The molecule has 14 heteroatoms. The Hall–Kier alpha value is -3.71. The minimum Gasteiger partial charge on any atom is -0.493 e. The number of aryl methyl sites for hydroxylation is 1. The third-order valence-electron chi connectivity index (χ3n) is 4.41. The van der Waals surface area contributed by atoms with Crippen LogP contribution in [0.1, 0.15) is 11.1 Å². The van der Waals surface area contributed by atoms with Gasteiger partial charge in [-0.1, -0.05) is 11.6 Å². The van der Waals surface area contributed by atoms with Crippen LogP contribution in [0.2, 0.25) is 5.02 Å². The van der Waals surface area contributed by atoms with E-state index in [1.54, 1.807) is 6.92 Å². The topological polar surface area (TPSA) is 127 Å². The lowest BCUT2D eigenvalue weighted by Crippen LogP contribution is -2.16. The largest absolute Gasteiger partial charge is 0.493 e. The number of nitrogens with zero attached hydrogens (tertiary/aromatic N) is 1. The third kappa shape index (κ3) is 6.25. The summed E-state index contributed by atoms with van der Waals surface area (Å²) in [6.45, 7) is 1.62. The maximum Gasteiger partial charge on any atom is 0.417 e. The first-order valence-electron chi connectivity index (χ1n) is 9.52. The molecule has 0 spiro atoms. The number of pyridine rings is 1. The Bertz CT molecular complexity index is 1380. The van der Waals surface area contributed by atoms with E-state index >= 15 is 0 Å². The molecule has 3 rings (SSSR count). The molecule has 9 nitrogen and oxygen atoms in total. The standard InChI is InChI=1S/C21H17ClF3N3O6S/c1-11-7-16(28-35(31,32)13-4-5-15(22)14(9-13)21(23,24)25)19(26-10-11)34-17-6-3-12(27-20(29)30)8-18(17)33-2/h3-10,27-28H,1-2H3,(H,29,30). The van der Waals surface area contributed by atoms with Crippen molar-refractivity contribution in [1.82, 2.24) is 4.98 Å². The summed E-state index contributed by atoms with van der Waals surface area (Å²) in [6.07, 6.45) is -4.78. The predicted molar refractivity (Wildman–Crippen MR) is 121 cm³/mol. The number of rotatable bonds is 7. The number of hydrogen-bond acceptors (Lipinski definition) is 6. The van der Waals surface area contributed by atoms with Crippen molar-refractivity contribution in [2.45, 2.75) is 18.0 Å². The average Bonchev–Trinajstić information content (AvgIpc) is 2.75. The van der Waals surface area contributed by atoms with Gasteiger partial charge in [-0.2, -0.15) is 13.2 Å². The number of ether oxygens (including phenoxy) is 2. The Balaban J connectivity index is 1.97. The molecular weight excluding hydrogens is 515 g/mol. The van der Waals surface area contributed by atoms with E-state index in [1.807, 2.05) is 0 Å². The van der Waals surface area contributed by atoms with Crippen molar-refractivity contribution in [3.63, 3.8) is 0 Å². The minimum absolute atomic E-state index is 0.0612. The SMILES string of the molecule is COc1cc(NC(=O)O)ccc1Oc1ncc(C)cc1NS(=O)(=O)c1ccc(Cl)c(C(F)(F)F)c1. The van der Waals surface area contributed by atoms with Gasteiger partial charge in [0.25, 0.3) is 10.0 Å². The molecule has 0 aliphatic carbocycles. The van der Waals surface area contributed by atoms with Crippen molar-refractivity contribution >= 4 is 39.1 Å². The second-order valence-electron chi connectivity index (χ2n) is 7.01. The molecule has 1 heterocycles. The summed E-state index contributed by atoms with van der Waals surface area (Å²) < 4.78 is 78.4. The summed E-state index contributed by atoms with van der Waals surface area (Å²) in [6, 6.07) is 7.62. The van der Waals surface area contributed by atoms with Crippen LogP contribution in [0.3, 0.4) is 0 Å². The van der Waals surface area contributed by atoms with Gasteiger partial charge in [0.15, 0.2) is 11.5 Å². The maximum absolute atomic E-state index is 13.2. The summed E-state index contributed by atoms with van der Waals surface area (Å²) in [4.78, 5) is 14.2. The van der Waals surface area contributed by atoms with Crippen LogP contribution >= 0.6 is 11.6 Å². The summed E-state index contributed by atoms with van der Waals surface area (Å²) in [5, 5.41) is 10.3. The molecule has 0 saturated carbocycles. The van der Waals surface area contributed by atoms with E-state index in [9.17, 15) is 26.4 Å². The zero-order valence-electron chi connectivity index (χ0n) is 18.0. The van der Waals surface area contributed by atoms with E-state index in [0.29, 0.717) is 11.6 Å². The molecule has 1 amide bonds. The van der Waals surface area contributed by atoms with Crippen molar-refractivity contribution in [1.29, 1.82) is 0 Å². The fourth-order valence-electron chi connectivity index (χ4n) is 2.86. The van der Waals surface area contributed by atoms with E-state index in [-0.39, 0.29) is 28.8 Å². The van der Waals surface area contributed by atoms with E-state index < -0.39 is 37.8 Å². The van der Waals surface area contributed by atoms with Gasteiger partial charge >= 0.3 is 12.3 Å². The number of hydrogen-bond donors (Lipinski definition) is 3. The van der Waals surface area contributed by atoms with Gasteiger partial charge in [0.2, 0.25) is 5.88 Å². The number of alkyl halides is 3. The smallest absolute Gasteiger partial charge is 0.417 e. The minimum atomic E-state index is -4.86. The number of benzene rings is 2. The average molecular weight is 532 g/mol. The van der Waals surface area contributed by atoms with Gasteiger partial charge in [0.1, 0.15) is 5.69 Å². The van der Waals surface area contributed by atoms with E-state index in [0.717, 1.165) is 12.1 Å². The van der Waals surface area contributed by atoms with Crippen LogP contribution < -0.4 is 19.5 Å². The van der Waals surface area contributed by atoms with E-state index in [1.165, 1.54) is 37.6 Å².